The number of ether oxygens (including phenoxy) is 1. The normalized spacial score (nSPS) is 15.9. The Morgan fingerprint density at radius 1 is 1.25 bits per heavy atom. The fraction of sp³-hybridized carbons (Fsp3) is 0.556. The van der Waals surface area contributed by atoms with Gasteiger partial charge in [0.05, 0.1) is 11.6 Å². The van der Waals surface area contributed by atoms with Gasteiger partial charge in [-0.2, -0.15) is 4.80 Å². The molecule has 1 aliphatic rings. The van der Waals surface area contributed by atoms with Crippen molar-refractivity contribution in [2.24, 2.45) is 5.92 Å². The lowest BCUT2D eigenvalue weighted by atomic mass is 9.91. The second-order valence-electron chi connectivity index (χ2n) is 6.96. The first-order valence-electron chi connectivity index (χ1n) is 9.28. The van der Waals surface area contributed by atoms with Gasteiger partial charge in [0.15, 0.2) is 27.7 Å². The third kappa shape index (κ3) is 4.88. The van der Waals surface area contributed by atoms with Crippen LogP contribution in [-0.2, 0) is 16.4 Å². The Bertz CT molecular complexity index is 923. The molecule has 0 unspecified atom stereocenters. The van der Waals surface area contributed by atoms with E-state index < -0.39 is 9.84 Å². The monoisotopic (exact) mass is 426 g/mol. The molecule has 0 N–H and O–H groups in total. The van der Waals surface area contributed by atoms with E-state index in [0.29, 0.717) is 5.56 Å². The molecule has 152 valence electrons. The van der Waals surface area contributed by atoms with Crippen LogP contribution in [0.5, 0.6) is 5.75 Å². The number of aromatic nitrogens is 4. The fourth-order valence-corrected chi connectivity index (χ4v) is 4.62. The van der Waals surface area contributed by atoms with Crippen molar-refractivity contribution in [1.29, 1.82) is 0 Å². The Hall–Kier alpha value is -2.00. The van der Waals surface area contributed by atoms with E-state index in [9.17, 15) is 13.2 Å². The second kappa shape index (κ2) is 9.00. The third-order valence-electron chi connectivity index (χ3n) is 4.88. The average molecular weight is 427 g/mol. The number of tetrazole rings is 1. The maximum absolute atomic E-state index is 13.0. The van der Waals surface area contributed by atoms with Crippen LogP contribution in [0.25, 0.3) is 0 Å². The Morgan fingerprint density at radius 3 is 2.57 bits per heavy atom. The molecule has 10 heteroatoms. The number of sulfone groups is 1. The number of ketones is 1. The second-order valence-corrected chi connectivity index (χ2v) is 9.32. The molecule has 0 aliphatic heterocycles. The van der Waals surface area contributed by atoms with E-state index in [4.69, 9.17) is 16.3 Å². The van der Waals surface area contributed by atoms with Gasteiger partial charge in [-0.05, 0) is 30.2 Å². The molecule has 8 nitrogen and oxygen atoms in total. The number of halogens is 1. The average Bonchev–Trinajstić information content (AvgIpc) is 3.01. The van der Waals surface area contributed by atoms with Crippen molar-refractivity contribution in [1.82, 2.24) is 20.2 Å². The lowest BCUT2D eigenvalue weighted by molar-refractivity contribution is 0.0907. The summed E-state index contributed by atoms with van der Waals surface area (Å²) >= 11 is 6.47. The van der Waals surface area contributed by atoms with Crippen molar-refractivity contribution in [3.63, 3.8) is 0 Å². The van der Waals surface area contributed by atoms with Gasteiger partial charge in [-0.15, -0.1) is 10.2 Å². The molecule has 2 aromatic rings. The van der Waals surface area contributed by atoms with Gasteiger partial charge in [0, 0.05) is 17.7 Å². The highest BCUT2D eigenvalue weighted by molar-refractivity contribution is 7.90. The Balaban J connectivity index is 1.88. The van der Waals surface area contributed by atoms with Crippen molar-refractivity contribution in [2.75, 3.05) is 12.9 Å². The number of carbonyl (C=O) groups excluding carboxylic acids is 1. The molecule has 1 aromatic heterocycles. The number of Topliss-reactive ketones (excluding diaryl/α,β-unsaturated/α-hetero) is 1. The first kappa shape index (κ1) is 20.7. The van der Waals surface area contributed by atoms with Crippen molar-refractivity contribution >= 4 is 27.2 Å². The van der Waals surface area contributed by atoms with Gasteiger partial charge in [0.1, 0.15) is 11.5 Å². The van der Waals surface area contributed by atoms with Gasteiger partial charge in [0.2, 0.25) is 0 Å². The SMILES string of the molecule is CS(=O)(=O)c1ccc(C(=O)C2CCCCCC2)c(Cl)c1OCCn1ncnn1. The van der Waals surface area contributed by atoms with Crippen LogP contribution in [0, 0.1) is 5.92 Å². The van der Waals surface area contributed by atoms with E-state index in [1.165, 1.54) is 23.3 Å². The maximum Gasteiger partial charge on any atom is 0.179 e. The van der Waals surface area contributed by atoms with Gasteiger partial charge >= 0.3 is 0 Å². The largest absolute Gasteiger partial charge is 0.489 e. The molecule has 0 saturated heterocycles. The lowest BCUT2D eigenvalue weighted by Gasteiger charge is -2.17. The highest BCUT2D eigenvalue weighted by Gasteiger charge is 2.27. The summed E-state index contributed by atoms with van der Waals surface area (Å²) in [5.41, 5.74) is 0.315. The van der Waals surface area contributed by atoms with Crippen molar-refractivity contribution in [3.05, 3.63) is 29.0 Å². The van der Waals surface area contributed by atoms with Crippen molar-refractivity contribution in [3.8, 4) is 5.75 Å². The maximum atomic E-state index is 13.0. The minimum absolute atomic E-state index is 0.00348. The molecule has 0 radical (unpaired) electrons. The van der Waals surface area contributed by atoms with E-state index in [2.05, 4.69) is 15.4 Å². The molecule has 1 saturated carbocycles. The van der Waals surface area contributed by atoms with Crippen LogP contribution in [-0.4, -0.2) is 47.3 Å². The predicted molar refractivity (Wildman–Crippen MR) is 103 cm³/mol. The molecule has 1 aliphatic carbocycles. The molecule has 1 aromatic carbocycles. The standard InChI is InChI=1S/C18H23ClN4O4S/c1-28(25,26)15-9-8-14(17(24)13-6-4-2-3-5-7-13)16(19)18(15)27-11-10-23-21-12-20-22-23/h8-9,12-13H,2-7,10-11H2,1H3. The number of hydrogen-bond acceptors (Lipinski definition) is 7. The van der Waals surface area contributed by atoms with Crippen molar-refractivity contribution in [2.45, 2.75) is 50.0 Å². The van der Waals surface area contributed by atoms with Crippen LogP contribution in [0.4, 0.5) is 0 Å². The first-order chi connectivity index (χ1) is 13.4. The smallest absolute Gasteiger partial charge is 0.179 e. The van der Waals surface area contributed by atoms with Crippen LogP contribution in [0.15, 0.2) is 23.4 Å². The number of hydrogen-bond donors (Lipinski definition) is 0. The summed E-state index contributed by atoms with van der Waals surface area (Å²) in [5, 5.41) is 11.2. The van der Waals surface area contributed by atoms with Gasteiger partial charge < -0.3 is 4.74 Å². The highest BCUT2D eigenvalue weighted by Crippen LogP contribution is 2.37. The van der Waals surface area contributed by atoms with E-state index >= 15 is 0 Å². The number of rotatable bonds is 7. The zero-order chi connectivity index (χ0) is 20.1. The van der Waals surface area contributed by atoms with E-state index in [0.717, 1.165) is 44.8 Å². The summed E-state index contributed by atoms with van der Waals surface area (Å²) in [5.74, 6) is -0.130. The molecule has 28 heavy (non-hydrogen) atoms. The molecule has 0 atom stereocenters. The van der Waals surface area contributed by atoms with E-state index in [1.54, 1.807) is 0 Å². The summed E-state index contributed by atoms with van der Waals surface area (Å²) < 4.78 is 30.0. The molecule has 3 rings (SSSR count). The molecular formula is C18H23ClN4O4S. The topological polar surface area (TPSA) is 104 Å². The van der Waals surface area contributed by atoms with Crippen molar-refractivity contribution < 1.29 is 17.9 Å². The molecular weight excluding hydrogens is 404 g/mol. The number of carbonyl (C=O) groups is 1. The molecule has 1 heterocycles. The highest BCUT2D eigenvalue weighted by atomic mass is 35.5. The van der Waals surface area contributed by atoms with Crippen LogP contribution >= 0.6 is 11.6 Å². The quantitative estimate of drug-likeness (QED) is 0.495. The minimum atomic E-state index is -3.58. The summed E-state index contributed by atoms with van der Waals surface area (Å²) in [4.78, 5) is 14.3. The van der Waals surface area contributed by atoms with Gasteiger partial charge in [-0.25, -0.2) is 8.42 Å². The zero-order valence-corrected chi connectivity index (χ0v) is 17.2. The third-order valence-corrected chi connectivity index (χ3v) is 6.38. The van der Waals surface area contributed by atoms with Crippen LogP contribution < -0.4 is 4.74 Å². The summed E-state index contributed by atoms with van der Waals surface area (Å²) in [6.07, 6.45) is 8.34. The molecule has 0 amide bonds. The first-order valence-corrected chi connectivity index (χ1v) is 11.5. The van der Waals surface area contributed by atoms with Crippen LogP contribution in [0.1, 0.15) is 48.9 Å². The summed E-state index contributed by atoms with van der Waals surface area (Å²) in [6.45, 7) is 0.347. The Morgan fingerprint density at radius 2 is 1.96 bits per heavy atom. The fourth-order valence-electron chi connectivity index (χ4n) is 3.44. The van der Waals surface area contributed by atoms with Crippen LogP contribution in [0.3, 0.4) is 0 Å². The van der Waals surface area contributed by atoms with E-state index in [-0.39, 0.29) is 40.5 Å². The molecule has 1 fully saturated rings. The Labute approximate surface area is 169 Å². The van der Waals surface area contributed by atoms with E-state index in [1.807, 2.05) is 0 Å². The van der Waals surface area contributed by atoms with Gasteiger partial charge in [0.25, 0.3) is 0 Å². The minimum Gasteiger partial charge on any atom is -0.489 e. The number of nitrogens with zero attached hydrogens (tertiary/aromatic N) is 4. The van der Waals surface area contributed by atoms with Crippen LogP contribution in [0.2, 0.25) is 5.02 Å². The summed E-state index contributed by atoms with van der Waals surface area (Å²) in [6, 6.07) is 2.89. The van der Waals surface area contributed by atoms with Gasteiger partial charge in [-0.3, -0.25) is 4.79 Å². The zero-order valence-electron chi connectivity index (χ0n) is 15.7. The van der Waals surface area contributed by atoms with Gasteiger partial charge in [-0.1, -0.05) is 37.3 Å². The lowest BCUT2D eigenvalue weighted by Crippen LogP contribution is -2.17. The Kier molecular flexibility index (Phi) is 6.66. The summed E-state index contributed by atoms with van der Waals surface area (Å²) in [7, 11) is -3.58. The number of benzene rings is 1. The molecule has 0 bridgehead atoms. The predicted octanol–water partition coefficient (Wildman–Crippen LogP) is 2.96. The molecule has 0 spiro atoms.